The number of cyclic esters (lactones) is 1. The normalized spacial score (nSPS) is 16.1. The van der Waals surface area contributed by atoms with Crippen LogP contribution in [0.4, 0.5) is 0 Å². The van der Waals surface area contributed by atoms with E-state index in [0.29, 0.717) is 22.8 Å². The summed E-state index contributed by atoms with van der Waals surface area (Å²) in [5.74, 6) is 0.921. The van der Waals surface area contributed by atoms with Crippen LogP contribution in [0.2, 0.25) is 0 Å². The standard InChI is InChI=1S/C25H28O7/c1-15(2)32-24(27)25(10-5-11-25)14-31-21-18(8-9-20(28-3)22(21)29-4)16-6-7-19-17(12-16)13-30-23(19)26/h6-9,12,15H,5,10-11,13-14H2,1-4H3. The van der Waals surface area contributed by atoms with E-state index in [9.17, 15) is 9.59 Å². The lowest BCUT2D eigenvalue weighted by Gasteiger charge is -2.39. The third-order valence-electron chi connectivity index (χ3n) is 6.07. The fourth-order valence-electron chi connectivity index (χ4n) is 4.13. The molecule has 170 valence electrons. The molecule has 0 N–H and O–H groups in total. The fraction of sp³-hybridized carbons (Fsp3) is 0.440. The van der Waals surface area contributed by atoms with Gasteiger partial charge in [-0.2, -0.15) is 0 Å². The van der Waals surface area contributed by atoms with Gasteiger partial charge in [-0.25, -0.2) is 4.79 Å². The number of benzene rings is 2. The predicted octanol–water partition coefficient (Wildman–Crippen LogP) is 4.54. The van der Waals surface area contributed by atoms with Crippen LogP contribution in [0.5, 0.6) is 17.2 Å². The third-order valence-corrected chi connectivity index (χ3v) is 6.07. The van der Waals surface area contributed by atoms with Gasteiger partial charge in [0.15, 0.2) is 11.5 Å². The van der Waals surface area contributed by atoms with Crippen LogP contribution >= 0.6 is 0 Å². The van der Waals surface area contributed by atoms with Crippen molar-refractivity contribution >= 4 is 11.9 Å². The second-order valence-electron chi connectivity index (χ2n) is 8.50. The Bertz CT molecular complexity index is 1040. The predicted molar refractivity (Wildman–Crippen MR) is 117 cm³/mol. The molecule has 7 heteroatoms. The molecule has 0 amide bonds. The Balaban J connectivity index is 1.70. The smallest absolute Gasteiger partial charge is 0.338 e. The monoisotopic (exact) mass is 440 g/mol. The molecule has 0 saturated heterocycles. The zero-order valence-electron chi connectivity index (χ0n) is 18.9. The van der Waals surface area contributed by atoms with Crippen molar-refractivity contribution in [3.8, 4) is 28.4 Å². The number of hydrogen-bond donors (Lipinski definition) is 0. The van der Waals surface area contributed by atoms with Crippen LogP contribution < -0.4 is 14.2 Å². The average Bonchev–Trinajstić information content (AvgIpc) is 3.11. The molecule has 2 aromatic rings. The van der Waals surface area contributed by atoms with Gasteiger partial charge < -0.3 is 23.7 Å². The summed E-state index contributed by atoms with van der Waals surface area (Å²) in [4.78, 5) is 24.6. The number of ether oxygens (including phenoxy) is 5. The SMILES string of the molecule is COc1ccc(-c2ccc3c(c2)COC3=O)c(OCC2(C(=O)OC(C)C)CCC2)c1OC. The second kappa shape index (κ2) is 8.73. The highest BCUT2D eigenvalue weighted by Gasteiger charge is 2.47. The van der Waals surface area contributed by atoms with Crippen LogP contribution in [0.15, 0.2) is 30.3 Å². The molecule has 4 rings (SSSR count). The van der Waals surface area contributed by atoms with Crippen molar-refractivity contribution in [2.45, 2.75) is 45.8 Å². The van der Waals surface area contributed by atoms with Gasteiger partial charge >= 0.3 is 11.9 Å². The third kappa shape index (κ3) is 3.87. The molecule has 0 radical (unpaired) electrons. The van der Waals surface area contributed by atoms with E-state index in [-0.39, 0.29) is 31.3 Å². The molecule has 0 atom stereocenters. The Morgan fingerprint density at radius 1 is 1.06 bits per heavy atom. The second-order valence-corrected chi connectivity index (χ2v) is 8.50. The first kappa shape index (κ1) is 22.0. The van der Waals surface area contributed by atoms with Crippen molar-refractivity contribution in [3.63, 3.8) is 0 Å². The molecule has 0 unspecified atom stereocenters. The lowest BCUT2D eigenvalue weighted by atomic mass is 9.69. The highest BCUT2D eigenvalue weighted by atomic mass is 16.6. The van der Waals surface area contributed by atoms with Gasteiger partial charge in [-0.3, -0.25) is 4.79 Å². The van der Waals surface area contributed by atoms with Crippen molar-refractivity contribution in [1.29, 1.82) is 0 Å². The lowest BCUT2D eigenvalue weighted by molar-refractivity contribution is -0.168. The van der Waals surface area contributed by atoms with E-state index in [2.05, 4.69) is 0 Å². The van der Waals surface area contributed by atoms with Crippen LogP contribution in [0, 0.1) is 5.41 Å². The van der Waals surface area contributed by atoms with E-state index >= 15 is 0 Å². The lowest BCUT2D eigenvalue weighted by Crippen LogP contribution is -2.45. The van der Waals surface area contributed by atoms with Gasteiger partial charge in [-0.1, -0.05) is 12.5 Å². The molecule has 32 heavy (non-hydrogen) atoms. The molecule has 2 aromatic carbocycles. The molecule has 1 heterocycles. The summed E-state index contributed by atoms with van der Waals surface area (Å²) < 4.78 is 28.0. The van der Waals surface area contributed by atoms with E-state index in [1.807, 2.05) is 38.1 Å². The molecular weight excluding hydrogens is 412 g/mol. The summed E-state index contributed by atoms with van der Waals surface area (Å²) in [5.41, 5.74) is 2.36. The number of rotatable bonds is 8. The van der Waals surface area contributed by atoms with Gasteiger partial charge in [-0.05, 0) is 56.5 Å². The highest BCUT2D eigenvalue weighted by Crippen LogP contribution is 2.48. The van der Waals surface area contributed by atoms with E-state index in [1.165, 1.54) is 0 Å². The first-order valence-electron chi connectivity index (χ1n) is 10.8. The summed E-state index contributed by atoms with van der Waals surface area (Å²) in [5, 5.41) is 0. The summed E-state index contributed by atoms with van der Waals surface area (Å²) in [6.45, 7) is 4.12. The van der Waals surface area contributed by atoms with Crippen molar-refractivity contribution in [3.05, 3.63) is 41.5 Å². The minimum absolute atomic E-state index is 0.182. The Kier molecular flexibility index (Phi) is 6.00. The summed E-state index contributed by atoms with van der Waals surface area (Å²) in [7, 11) is 3.11. The van der Waals surface area contributed by atoms with Gasteiger partial charge in [0.05, 0.1) is 25.9 Å². The Labute approximate surface area is 187 Å². The molecule has 1 saturated carbocycles. The minimum atomic E-state index is -0.659. The number of carbonyl (C=O) groups excluding carboxylic acids is 2. The number of fused-ring (bicyclic) bond motifs is 1. The summed E-state index contributed by atoms with van der Waals surface area (Å²) >= 11 is 0. The Morgan fingerprint density at radius 2 is 1.81 bits per heavy atom. The summed E-state index contributed by atoms with van der Waals surface area (Å²) in [6.07, 6.45) is 2.22. The molecule has 2 aliphatic rings. The molecule has 1 aliphatic heterocycles. The van der Waals surface area contributed by atoms with Crippen molar-refractivity contribution in [1.82, 2.24) is 0 Å². The van der Waals surface area contributed by atoms with E-state index < -0.39 is 5.41 Å². The van der Waals surface area contributed by atoms with E-state index in [0.717, 1.165) is 36.0 Å². The molecule has 0 bridgehead atoms. The largest absolute Gasteiger partial charge is 0.493 e. The van der Waals surface area contributed by atoms with Crippen LogP contribution in [0.3, 0.4) is 0 Å². The average molecular weight is 440 g/mol. The van der Waals surface area contributed by atoms with Crippen molar-refractivity contribution in [2.24, 2.45) is 5.41 Å². The van der Waals surface area contributed by atoms with Gasteiger partial charge in [0.1, 0.15) is 18.6 Å². The molecule has 0 aromatic heterocycles. The molecule has 0 spiro atoms. The maximum atomic E-state index is 12.8. The Hall–Kier alpha value is -3.22. The number of methoxy groups -OCH3 is 2. The van der Waals surface area contributed by atoms with Gasteiger partial charge in [-0.15, -0.1) is 0 Å². The fourth-order valence-corrected chi connectivity index (χ4v) is 4.13. The maximum Gasteiger partial charge on any atom is 0.338 e. The maximum absolute atomic E-state index is 12.8. The molecular formula is C25H28O7. The van der Waals surface area contributed by atoms with Crippen LogP contribution in [0.25, 0.3) is 11.1 Å². The first-order valence-corrected chi connectivity index (χ1v) is 10.8. The van der Waals surface area contributed by atoms with Crippen LogP contribution in [-0.4, -0.2) is 38.9 Å². The van der Waals surface area contributed by atoms with Gasteiger partial charge in [0, 0.05) is 11.1 Å². The highest BCUT2D eigenvalue weighted by molar-refractivity contribution is 5.94. The molecule has 1 fully saturated rings. The number of hydrogen-bond acceptors (Lipinski definition) is 7. The quantitative estimate of drug-likeness (QED) is 0.558. The zero-order chi connectivity index (χ0) is 22.9. The van der Waals surface area contributed by atoms with Crippen LogP contribution in [0.1, 0.15) is 49.0 Å². The van der Waals surface area contributed by atoms with E-state index in [1.54, 1.807) is 20.3 Å². The van der Waals surface area contributed by atoms with Crippen molar-refractivity contribution in [2.75, 3.05) is 20.8 Å². The minimum Gasteiger partial charge on any atom is -0.493 e. The molecule has 7 nitrogen and oxygen atoms in total. The van der Waals surface area contributed by atoms with Crippen molar-refractivity contribution < 1.29 is 33.3 Å². The van der Waals surface area contributed by atoms with Crippen LogP contribution in [-0.2, 0) is 20.9 Å². The van der Waals surface area contributed by atoms with Gasteiger partial charge in [0.25, 0.3) is 0 Å². The topological polar surface area (TPSA) is 80.3 Å². The first-order chi connectivity index (χ1) is 15.4. The Morgan fingerprint density at radius 3 is 2.44 bits per heavy atom. The summed E-state index contributed by atoms with van der Waals surface area (Å²) in [6, 6.07) is 9.22. The van der Waals surface area contributed by atoms with E-state index in [4.69, 9.17) is 23.7 Å². The zero-order valence-corrected chi connectivity index (χ0v) is 18.9. The molecule has 1 aliphatic carbocycles. The number of carbonyl (C=O) groups is 2. The number of esters is 2. The van der Waals surface area contributed by atoms with Gasteiger partial charge in [0.2, 0.25) is 5.75 Å².